The first-order valence-electron chi connectivity index (χ1n) is 8.29. The van der Waals surface area contributed by atoms with Crippen LogP contribution < -0.4 is 11.1 Å². The van der Waals surface area contributed by atoms with E-state index in [0.29, 0.717) is 5.92 Å². The van der Waals surface area contributed by atoms with E-state index in [0.717, 1.165) is 18.9 Å². The summed E-state index contributed by atoms with van der Waals surface area (Å²) in [5.74, 6) is 1.61. The molecule has 20 heavy (non-hydrogen) atoms. The van der Waals surface area contributed by atoms with Crippen molar-refractivity contribution in [3.63, 3.8) is 0 Å². The summed E-state index contributed by atoms with van der Waals surface area (Å²) in [5.41, 5.74) is 6.09. The first kappa shape index (κ1) is 19.7. The van der Waals surface area contributed by atoms with Crippen molar-refractivity contribution < 1.29 is 0 Å². The lowest BCUT2D eigenvalue weighted by molar-refractivity contribution is 0.477. The number of rotatable bonds is 11. The normalized spacial score (nSPS) is 17.1. The molecule has 2 unspecified atom stereocenters. The Bertz CT molecular complexity index is 254. The molecule has 0 aromatic heterocycles. The lowest BCUT2D eigenvalue weighted by Crippen LogP contribution is -2.38. The van der Waals surface area contributed by atoms with Crippen LogP contribution in [0.5, 0.6) is 0 Å². The SMILES string of the molecule is CCCCCCCCCCC(C1=NCCN1)C(C)N.Cl. The molecule has 1 heterocycles. The Morgan fingerprint density at radius 2 is 1.70 bits per heavy atom. The minimum Gasteiger partial charge on any atom is -0.372 e. The third kappa shape index (κ3) is 8.11. The van der Waals surface area contributed by atoms with E-state index in [4.69, 9.17) is 5.73 Å². The molecular formula is C16H34ClN3. The smallest absolute Gasteiger partial charge is 0.101 e. The van der Waals surface area contributed by atoms with Crippen LogP contribution in [0.15, 0.2) is 4.99 Å². The van der Waals surface area contributed by atoms with Gasteiger partial charge in [-0.2, -0.15) is 0 Å². The number of hydrogen-bond acceptors (Lipinski definition) is 3. The Morgan fingerprint density at radius 3 is 2.20 bits per heavy atom. The molecule has 0 bridgehead atoms. The molecule has 120 valence electrons. The molecule has 0 saturated carbocycles. The highest BCUT2D eigenvalue weighted by Crippen LogP contribution is 2.17. The van der Waals surface area contributed by atoms with Gasteiger partial charge in [0.1, 0.15) is 5.84 Å². The van der Waals surface area contributed by atoms with Crippen molar-refractivity contribution in [2.45, 2.75) is 77.7 Å². The monoisotopic (exact) mass is 303 g/mol. The highest BCUT2D eigenvalue weighted by molar-refractivity contribution is 5.86. The van der Waals surface area contributed by atoms with Gasteiger partial charge in [-0.05, 0) is 13.3 Å². The van der Waals surface area contributed by atoms with Crippen molar-refractivity contribution in [3.05, 3.63) is 0 Å². The van der Waals surface area contributed by atoms with Gasteiger partial charge in [-0.15, -0.1) is 12.4 Å². The molecule has 0 spiro atoms. The molecule has 1 rings (SSSR count). The van der Waals surface area contributed by atoms with E-state index in [1.54, 1.807) is 0 Å². The van der Waals surface area contributed by atoms with Gasteiger partial charge >= 0.3 is 0 Å². The zero-order chi connectivity index (χ0) is 13.9. The number of nitrogens with zero attached hydrogens (tertiary/aromatic N) is 1. The Morgan fingerprint density at radius 1 is 1.10 bits per heavy atom. The quantitative estimate of drug-likeness (QED) is 0.569. The predicted molar refractivity (Wildman–Crippen MR) is 91.9 cm³/mol. The van der Waals surface area contributed by atoms with Crippen molar-refractivity contribution in [1.82, 2.24) is 5.32 Å². The molecular weight excluding hydrogens is 270 g/mol. The lowest BCUT2D eigenvalue weighted by atomic mass is 9.93. The fraction of sp³-hybridized carbons (Fsp3) is 0.938. The van der Waals surface area contributed by atoms with Gasteiger partial charge in [-0.25, -0.2) is 0 Å². The van der Waals surface area contributed by atoms with E-state index in [1.165, 1.54) is 57.8 Å². The average Bonchev–Trinajstić information content (AvgIpc) is 2.90. The number of amidine groups is 1. The first-order valence-corrected chi connectivity index (χ1v) is 8.29. The van der Waals surface area contributed by atoms with E-state index in [1.807, 2.05) is 0 Å². The van der Waals surface area contributed by atoms with Crippen LogP contribution in [0.2, 0.25) is 0 Å². The number of aliphatic imine (C=N–C) groups is 1. The van der Waals surface area contributed by atoms with Crippen molar-refractivity contribution >= 4 is 18.2 Å². The van der Waals surface area contributed by atoms with E-state index in [-0.39, 0.29) is 18.4 Å². The third-order valence-corrected chi connectivity index (χ3v) is 4.05. The first-order chi connectivity index (χ1) is 9.25. The Labute approximate surface area is 131 Å². The Hall–Kier alpha value is -0.280. The van der Waals surface area contributed by atoms with Crippen LogP contribution in [-0.4, -0.2) is 25.0 Å². The molecule has 3 nitrogen and oxygen atoms in total. The number of unbranched alkanes of at least 4 members (excludes halogenated alkanes) is 7. The number of halogens is 1. The van der Waals surface area contributed by atoms with Crippen molar-refractivity contribution in [2.75, 3.05) is 13.1 Å². The summed E-state index contributed by atoms with van der Waals surface area (Å²) in [7, 11) is 0. The number of hydrogen-bond donors (Lipinski definition) is 2. The van der Waals surface area contributed by atoms with Crippen LogP contribution >= 0.6 is 12.4 Å². The summed E-state index contributed by atoms with van der Waals surface area (Å²) in [5, 5.41) is 3.38. The second-order valence-electron chi connectivity index (χ2n) is 5.92. The number of nitrogens with one attached hydrogen (secondary N) is 1. The molecule has 4 heteroatoms. The molecule has 0 aliphatic carbocycles. The molecule has 0 aromatic rings. The largest absolute Gasteiger partial charge is 0.372 e. The molecule has 0 aromatic carbocycles. The van der Waals surface area contributed by atoms with Gasteiger partial charge in [0.05, 0.1) is 6.54 Å². The van der Waals surface area contributed by atoms with Crippen LogP contribution in [0.25, 0.3) is 0 Å². The predicted octanol–water partition coefficient (Wildman–Crippen LogP) is 3.90. The van der Waals surface area contributed by atoms with Crippen LogP contribution in [0.4, 0.5) is 0 Å². The van der Waals surface area contributed by atoms with Gasteiger partial charge in [0.2, 0.25) is 0 Å². The lowest BCUT2D eigenvalue weighted by Gasteiger charge is -2.21. The molecule has 1 aliphatic rings. The Kier molecular flexibility index (Phi) is 12.3. The maximum atomic E-state index is 6.09. The minimum absolute atomic E-state index is 0. The molecule has 3 N–H and O–H groups in total. The second kappa shape index (κ2) is 12.5. The molecule has 0 fully saturated rings. The van der Waals surface area contributed by atoms with Gasteiger partial charge in [-0.1, -0.05) is 58.3 Å². The molecule has 0 amide bonds. The van der Waals surface area contributed by atoms with Crippen LogP contribution in [-0.2, 0) is 0 Å². The standard InChI is InChI=1S/C16H33N3.ClH/c1-3-4-5-6-7-8-9-10-11-15(14(2)17)16-18-12-13-19-16;/h14-15H,3-13,17H2,1-2H3,(H,18,19);1H. The summed E-state index contributed by atoms with van der Waals surface area (Å²) < 4.78 is 0. The number of nitrogens with two attached hydrogens (primary N) is 1. The zero-order valence-corrected chi connectivity index (χ0v) is 14.2. The third-order valence-electron chi connectivity index (χ3n) is 4.05. The van der Waals surface area contributed by atoms with E-state index >= 15 is 0 Å². The van der Waals surface area contributed by atoms with E-state index in [9.17, 15) is 0 Å². The molecule has 0 radical (unpaired) electrons. The van der Waals surface area contributed by atoms with Gasteiger partial charge < -0.3 is 11.1 Å². The average molecular weight is 304 g/mol. The minimum atomic E-state index is 0. The summed E-state index contributed by atoms with van der Waals surface area (Å²) >= 11 is 0. The van der Waals surface area contributed by atoms with E-state index < -0.39 is 0 Å². The maximum Gasteiger partial charge on any atom is 0.101 e. The van der Waals surface area contributed by atoms with Crippen LogP contribution in [0.1, 0.15) is 71.6 Å². The van der Waals surface area contributed by atoms with Crippen LogP contribution in [0, 0.1) is 5.92 Å². The topological polar surface area (TPSA) is 50.4 Å². The Balaban J connectivity index is 0.00000361. The van der Waals surface area contributed by atoms with Crippen molar-refractivity contribution in [1.29, 1.82) is 0 Å². The molecule has 2 atom stereocenters. The second-order valence-corrected chi connectivity index (χ2v) is 5.92. The van der Waals surface area contributed by atoms with Gasteiger partial charge in [0, 0.05) is 18.5 Å². The van der Waals surface area contributed by atoms with E-state index in [2.05, 4.69) is 24.2 Å². The zero-order valence-electron chi connectivity index (χ0n) is 13.4. The summed E-state index contributed by atoms with van der Waals surface area (Å²) in [6.07, 6.45) is 12.2. The summed E-state index contributed by atoms with van der Waals surface area (Å²) in [6, 6.07) is 0.217. The summed E-state index contributed by atoms with van der Waals surface area (Å²) in [6.45, 7) is 6.30. The maximum absolute atomic E-state index is 6.09. The molecule has 1 aliphatic heterocycles. The fourth-order valence-electron chi connectivity index (χ4n) is 2.81. The highest BCUT2D eigenvalue weighted by atomic mass is 35.5. The van der Waals surface area contributed by atoms with Crippen LogP contribution in [0.3, 0.4) is 0 Å². The molecule has 0 saturated heterocycles. The van der Waals surface area contributed by atoms with Gasteiger partial charge in [0.25, 0.3) is 0 Å². The highest BCUT2D eigenvalue weighted by Gasteiger charge is 2.21. The van der Waals surface area contributed by atoms with Gasteiger partial charge in [0.15, 0.2) is 0 Å². The van der Waals surface area contributed by atoms with Gasteiger partial charge in [-0.3, -0.25) is 4.99 Å². The fourth-order valence-corrected chi connectivity index (χ4v) is 2.81. The van der Waals surface area contributed by atoms with Crippen molar-refractivity contribution in [2.24, 2.45) is 16.6 Å². The van der Waals surface area contributed by atoms with Crippen molar-refractivity contribution in [3.8, 4) is 0 Å². The summed E-state index contributed by atoms with van der Waals surface area (Å²) in [4.78, 5) is 4.53.